The maximum atomic E-state index is 6.10. The summed E-state index contributed by atoms with van der Waals surface area (Å²) in [6, 6.07) is 18.8. The highest BCUT2D eigenvalue weighted by atomic mass is 16.5. The molecule has 156 valence electrons. The van der Waals surface area contributed by atoms with Crippen molar-refractivity contribution in [1.29, 1.82) is 0 Å². The van der Waals surface area contributed by atoms with E-state index in [1.54, 1.807) is 6.20 Å². The molecule has 1 aliphatic heterocycles. The quantitative estimate of drug-likeness (QED) is 0.505. The Hall–Kier alpha value is -3.28. The highest BCUT2D eigenvalue weighted by molar-refractivity contribution is 5.80. The van der Waals surface area contributed by atoms with E-state index < -0.39 is 0 Å². The van der Waals surface area contributed by atoms with Gasteiger partial charge >= 0.3 is 0 Å². The first-order chi connectivity index (χ1) is 14.8. The van der Waals surface area contributed by atoms with Crippen LogP contribution < -0.4 is 10.1 Å². The summed E-state index contributed by atoms with van der Waals surface area (Å²) >= 11 is 0. The zero-order chi connectivity index (χ0) is 20.6. The van der Waals surface area contributed by atoms with Crippen LogP contribution in [0.2, 0.25) is 0 Å². The molecule has 0 unspecified atom stereocenters. The molecule has 1 fully saturated rings. The van der Waals surface area contributed by atoms with Gasteiger partial charge in [-0.05, 0) is 23.3 Å². The van der Waals surface area contributed by atoms with E-state index in [9.17, 15) is 0 Å². The first kappa shape index (κ1) is 20.0. The molecule has 1 aliphatic rings. The minimum atomic E-state index is 0.268. The van der Waals surface area contributed by atoms with Crippen LogP contribution in [0.1, 0.15) is 24.0 Å². The van der Waals surface area contributed by atoms with Gasteiger partial charge in [-0.2, -0.15) is 0 Å². The molecule has 0 saturated carbocycles. The summed E-state index contributed by atoms with van der Waals surface area (Å²) in [5.41, 5.74) is 2.51. The largest absolute Gasteiger partial charge is 0.490 e. The first-order valence-corrected chi connectivity index (χ1v) is 10.5. The van der Waals surface area contributed by atoms with Gasteiger partial charge in [0.05, 0.1) is 6.33 Å². The molecule has 0 aliphatic carbocycles. The third-order valence-electron chi connectivity index (χ3n) is 5.40. The molecule has 3 aromatic rings. The van der Waals surface area contributed by atoms with E-state index in [4.69, 9.17) is 4.74 Å². The van der Waals surface area contributed by atoms with Gasteiger partial charge in [0.25, 0.3) is 0 Å². The van der Waals surface area contributed by atoms with Crippen LogP contribution >= 0.6 is 0 Å². The molecule has 1 aromatic heterocycles. The van der Waals surface area contributed by atoms with Crippen LogP contribution in [0, 0.1) is 0 Å². The fourth-order valence-electron chi connectivity index (χ4n) is 3.74. The third-order valence-corrected chi connectivity index (χ3v) is 5.40. The monoisotopic (exact) mass is 403 g/mol. The molecule has 6 nitrogen and oxygen atoms in total. The second kappa shape index (κ2) is 9.96. The predicted octanol–water partition coefficient (Wildman–Crippen LogP) is 3.55. The van der Waals surface area contributed by atoms with Gasteiger partial charge < -0.3 is 19.5 Å². The van der Waals surface area contributed by atoms with E-state index in [-0.39, 0.29) is 6.10 Å². The number of hydrogen-bond donors (Lipinski definition) is 1. The number of para-hydroxylation sites is 1. The number of nitrogens with one attached hydrogen (secondary N) is 1. The van der Waals surface area contributed by atoms with Crippen LogP contribution in [0.4, 0.5) is 0 Å². The summed E-state index contributed by atoms with van der Waals surface area (Å²) in [6.07, 6.45) is 7.89. The molecular formula is C24H29N5O. The number of ether oxygens (including phenoxy) is 1. The van der Waals surface area contributed by atoms with E-state index in [0.29, 0.717) is 0 Å². The second-order valence-corrected chi connectivity index (χ2v) is 7.57. The summed E-state index contributed by atoms with van der Waals surface area (Å²) in [5.74, 6) is 1.91. The van der Waals surface area contributed by atoms with Gasteiger partial charge in [0, 0.05) is 58.5 Å². The number of likely N-dealkylation sites (tertiary alicyclic amines) is 1. The maximum Gasteiger partial charge on any atom is 0.193 e. The Morgan fingerprint density at radius 3 is 2.47 bits per heavy atom. The molecule has 1 saturated heterocycles. The Morgan fingerprint density at radius 1 is 1.07 bits per heavy atom. The van der Waals surface area contributed by atoms with Crippen molar-refractivity contribution >= 4 is 5.96 Å². The van der Waals surface area contributed by atoms with Crippen molar-refractivity contribution in [2.75, 3.05) is 20.1 Å². The average molecular weight is 404 g/mol. The lowest BCUT2D eigenvalue weighted by molar-refractivity contribution is 0.129. The summed E-state index contributed by atoms with van der Waals surface area (Å²) in [5, 5.41) is 3.50. The van der Waals surface area contributed by atoms with E-state index in [0.717, 1.165) is 50.7 Å². The minimum absolute atomic E-state index is 0.268. The van der Waals surface area contributed by atoms with Crippen molar-refractivity contribution in [2.45, 2.75) is 32.0 Å². The normalized spacial score (nSPS) is 15.2. The number of aromatic nitrogens is 2. The van der Waals surface area contributed by atoms with Crippen molar-refractivity contribution in [3.8, 4) is 5.75 Å². The molecule has 6 heteroatoms. The van der Waals surface area contributed by atoms with Crippen LogP contribution in [-0.2, 0) is 13.1 Å². The highest BCUT2D eigenvalue weighted by Crippen LogP contribution is 2.18. The number of imidazole rings is 1. The summed E-state index contributed by atoms with van der Waals surface area (Å²) in [7, 11) is 1.85. The Kier molecular flexibility index (Phi) is 6.65. The van der Waals surface area contributed by atoms with E-state index in [2.05, 4.69) is 49.0 Å². The van der Waals surface area contributed by atoms with Gasteiger partial charge in [-0.25, -0.2) is 4.98 Å². The van der Waals surface area contributed by atoms with Gasteiger partial charge in [-0.15, -0.1) is 0 Å². The zero-order valence-corrected chi connectivity index (χ0v) is 17.4. The topological polar surface area (TPSA) is 54.7 Å². The molecule has 4 rings (SSSR count). The van der Waals surface area contributed by atoms with Crippen molar-refractivity contribution in [3.05, 3.63) is 84.4 Å². The molecule has 30 heavy (non-hydrogen) atoms. The number of hydrogen-bond acceptors (Lipinski definition) is 3. The first-order valence-electron chi connectivity index (χ1n) is 10.5. The van der Waals surface area contributed by atoms with Crippen molar-refractivity contribution in [1.82, 2.24) is 19.8 Å². The lowest BCUT2D eigenvalue weighted by Gasteiger charge is -2.34. The third kappa shape index (κ3) is 5.41. The van der Waals surface area contributed by atoms with Gasteiger partial charge in [0.15, 0.2) is 5.96 Å². The second-order valence-electron chi connectivity index (χ2n) is 7.57. The Labute approximate surface area is 178 Å². The fraction of sp³-hybridized carbons (Fsp3) is 0.333. The van der Waals surface area contributed by atoms with Crippen molar-refractivity contribution in [3.63, 3.8) is 0 Å². The molecule has 2 heterocycles. The fourth-order valence-corrected chi connectivity index (χ4v) is 3.74. The number of nitrogens with zero attached hydrogens (tertiary/aromatic N) is 4. The van der Waals surface area contributed by atoms with E-state index >= 15 is 0 Å². The molecule has 0 amide bonds. The van der Waals surface area contributed by atoms with E-state index in [1.165, 1.54) is 11.1 Å². The van der Waals surface area contributed by atoms with Crippen molar-refractivity contribution < 1.29 is 4.74 Å². The Bertz CT molecular complexity index is 914. The molecule has 0 spiro atoms. The number of rotatable bonds is 6. The Balaban J connectivity index is 1.24. The Morgan fingerprint density at radius 2 is 1.80 bits per heavy atom. The number of piperidine rings is 1. The number of aliphatic imine (C=N–C) groups is 1. The summed E-state index contributed by atoms with van der Waals surface area (Å²) < 4.78 is 8.17. The molecule has 1 N–H and O–H groups in total. The van der Waals surface area contributed by atoms with Crippen LogP contribution in [0.3, 0.4) is 0 Å². The van der Waals surface area contributed by atoms with Crippen LogP contribution in [0.5, 0.6) is 5.75 Å². The van der Waals surface area contributed by atoms with Gasteiger partial charge in [0.2, 0.25) is 0 Å². The zero-order valence-electron chi connectivity index (χ0n) is 17.4. The lowest BCUT2D eigenvalue weighted by Crippen LogP contribution is -2.47. The van der Waals surface area contributed by atoms with Crippen molar-refractivity contribution in [2.24, 2.45) is 4.99 Å². The number of benzene rings is 2. The van der Waals surface area contributed by atoms with Gasteiger partial charge in [-0.3, -0.25) is 4.99 Å². The van der Waals surface area contributed by atoms with E-state index in [1.807, 2.05) is 49.9 Å². The van der Waals surface area contributed by atoms with Gasteiger partial charge in [0.1, 0.15) is 11.9 Å². The minimum Gasteiger partial charge on any atom is -0.490 e. The molecular weight excluding hydrogens is 374 g/mol. The van der Waals surface area contributed by atoms with Crippen LogP contribution in [0.15, 0.2) is 78.3 Å². The standard InChI is InChI=1S/C24H29N5O/c1-25-24(29-14-11-23(12-15-29)30-22-5-3-2-4-6-22)27-17-20-7-9-21(10-8-20)18-28-16-13-26-19-28/h2-10,13,16,19,23H,11-12,14-15,17-18H2,1H3,(H,25,27). The smallest absolute Gasteiger partial charge is 0.193 e. The molecule has 0 bridgehead atoms. The maximum absolute atomic E-state index is 6.10. The van der Waals surface area contributed by atoms with Gasteiger partial charge in [-0.1, -0.05) is 42.5 Å². The van der Waals surface area contributed by atoms with Crippen LogP contribution in [0.25, 0.3) is 0 Å². The SMILES string of the molecule is CN=C(NCc1ccc(Cn2ccnc2)cc1)N1CCC(Oc2ccccc2)CC1. The number of guanidine groups is 1. The van der Waals surface area contributed by atoms with Crippen LogP contribution in [-0.4, -0.2) is 46.7 Å². The molecule has 2 aromatic carbocycles. The highest BCUT2D eigenvalue weighted by Gasteiger charge is 2.22. The summed E-state index contributed by atoms with van der Waals surface area (Å²) in [4.78, 5) is 10.9. The molecule has 0 atom stereocenters. The average Bonchev–Trinajstić information content (AvgIpc) is 3.30. The predicted molar refractivity (Wildman–Crippen MR) is 120 cm³/mol. The molecule has 0 radical (unpaired) electrons. The lowest BCUT2D eigenvalue weighted by atomic mass is 10.1. The summed E-state index contributed by atoms with van der Waals surface area (Å²) in [6.45, 7) is 3.50.